The van der Waals surface area contributed by atoms with Gasteiger partial charge in [0.1, 0.15) is 6.61 Å². The highest BCUT2D eigenvalue weighted by Gasteiger charge is 2.11. The van der Waals surface area contributed by atoms with Crippen molar-refractivity contribution in [2.45, 2.75) is 6.61 Å². The van der Waals surface area contributed by atoms with Crippen LogP contribution >= 0.6 is 12.4 Å². The Morgan fingerprint density at radius 3 is 2.79 bits per heavy atom. The average Bonchev–Trinajstić information content (AvgIpc) is 2.82. The number of aromatic nitrogens is 1. The SMILES string of the molecule is COCCNCCNC(=O)c1cc(COC)on1.Cl. The Morgan fingerprint density at radius 1 is 1.32 bits per heavy atom. The molecule has 0 atom stereocenters. The summed E-state index contributed by atoms with van der Waals surface area (Å²) in [5, 5.41) is 9.50. The van der Waals surface area contributed by atoms with Crippen LogP contribution in [0.4, 0.5) is 0 Å². The Hall–Kier alpha value is -1.15. The first-order valence-corrected chi connectivity index (χ1v) is 5.70. The van der Waals surface area contributed by atoms with E-state index in [4.69, 9.17) is 14.0 Å². The van der Waals surface area contributed by atoms with Crippen molar-refractivity contribution in [2.75, 3.05) is 40.5 Å². The van der Waals surface area contributed by atoms with Gasteiger partial charge in [0, 0.05) is 39.9 Å². The molecule has 0 aliphatic carbocycles. The second kappa shape index (κ2) is 10.7. The molecule has 0 bridgehead atoms. The largest absolute Gasteiger partial charge is 0.383 e. The highest BCUT2D eigenvalue weighted by molar-refractivity contribution is 5.92. The van der Waals surface area contributed by atoms with Crippen LogP contribution in [0.1, 0.15) is 16.2 Å². The Kier molecular flexibility index (Phi) is 10.1. The van der Waals surface area contributed by atoms with Crippen molar-refractivity contribution >= 4 is 18.3 Å². The van der Waals surface area contributed by atoms with Gasteiger partial charge in [-0.15, -0.1) is 12.4 Å². The van der Waals surface area contributed by atoms with Gasteiger partial charge in [-0.1, -0.05) is 5.16 Å². The molecule has 0 fully saturated rings. The minimum Gasteiger partial charge on any atom is -0.383 e. The van der Waals surface area contributed by atoms with Crippen LogP contribution in [0.5, 0.6) is 0 Å². The first-order valence-electron chi connectivity index (χ1n) is 5.70. The summed E-state index contributed by atoms with van der Waals surface area (Å²) in [7, 11) is 3.19. The Labute approximate surface area is 118 Å². The van der Waals surface area contributed by atoms with E-state index in [1.807, 2.05) is 0 Å². The van der Waals surface area contributed by atoms with E-state index in [0.717, 1.165) is 6.54 Å². The van der Waals surface area contributed by atoms with Crippen LogP contribution in [0.2, 0.25) is 0 Å². The maximum atomic E-state index is 11.6. The van der Waals surface area contributed by atoms with Crippen LogP contribution in [-0.4, -0.2) is 51.5 Å². The van der Waals surface area contributed by atoms with Gasteiger partial charge in [0.2, 0.25) is 0 Å². The van der Waals surface area contributed by atoms with Crippen molar-refractivity contribution in [1.82, 2.24) is 15.8 Å². The smallest absolute Gasteiger partial charge is 0.273 e. The van der Waals surface area contributed by atoms with E-state index < -0.39 is 0 Å². The molecule has 0 saturated carbocycles. The monoisotopic (exact) mass is 293 g/mol. The predicted octanol–water partition coefficient (Wildman–Crippen LogP) is 0.209. The van der Waals surface area contributed by atoms with Gasteiger partial charge in [0.15, 0.2) is 11.5 Å². The zero-order chi connectivity index (χ0) is 13.2. The normalized spacial score (nSPS) is 10.0. The van der Waals surface area contributed by atoms with Crippen LogP contribution in [0.25, 0.3) is 0 Å². The molecule has 1 heterocycles. The van der Waals surface area contributed by atoms with Gasteiger partial charge in [-0.2, -0.15) is 0 Å². The molecule has 0 radical (unpaired) electrons. The molecule has 0 unspecified atom stereocenters. The van der Waals surface area contributed by atoms with E-state index in [9.17, 15) is 4.79 Å². The molecule has 1 aromatic rings. The van der Waals surface area contributed by atoms with Crippen molar-refractivity contribution < 1.29 is 18.8 Å². The number of halogens is 1. The lowest BCUT2D eigenvalue weighted by atomic mass is 10.3. The van der Waals surface area contributed by atoms with E-state index in [0.29, 0.717) is 32.1 Å². The molecule has 0 aliphatic rings. The van der Waals surface area contributed by atoms with Crippen molar-refractivity contribution in [2.24, 2.45) is 0 Å². The number of amides is 1. The highest BCUT2D eigenvalue weighted by atomic mass is 35.5. The summed E-state index contributed by atoms with van der Waals surface area (Å²) in [5.74, 6) is 0.274. The predicted molar refractivity (Wildman–Crippen MR) is 71.5 cm³/mol. The summed E-state index contributed by atoms with van der Waals surface area (Å²) >= 11 is 0. The third-order valence-corrected chi connectivity index (χ3v) is 2.15. The lowest BCUT2D eigenvalue weighted by Crippen LogP contribution is -2.33. The lowest BCUT2D eigenvalue weighted by molar-refractivity contribution is 0.0944. The number of methoxy groups -OCH3 is 2. The average molecular weight is 294 g/mol. The van der Waals surface area contributed by atoms with Crippen LogP contribution in [0.15, 0.2) is 10.6 Å². The Morgan fingerprint density at radius 2 is 2.11 bits per heavy atom. The van der Waals surface area contributed by atoms with Gasteiger partial charge in [-0.25, -0.2) is 0 Å². The summed E-state index contributed by atoms with van der Waals surface area (Å²) in [6.07, 6.45) is 0. The van der Waals surface area contributed by atoms with E-state index in [2.05, 4.69) is 15.8 Å². The molecule has 0 spiro atoms. The second-order valence-electron chi connectivity index (χ2n) is 3.61. The first kappa shape index (κ1) is 17.8. The fourth-order valence-electron chi connectivity index (χ4n) is 1.28. The summed E-state index contributed by atoms with van der Waals surface area (Å²) in [6.45, 7) is 2.91. The van der Waals surface area contributed by atoms with Crippen LogP contribution in [0.3, 0.4) is 0 Å². The first-order chi connectivity index (χ1) is 8.77. The number of hydrogen-bond donors (Lipinski definition) is 2. The molecule has 7 nitrogen and oxygen atoms in total. The maximum absolute atomic E-state index is 11.6. The molecule has 110 valence electrons. The van der Waals surface area contributed by atoms with Crippen molar-refractivity contribution in [3.63, 3.8) is 0 Å². The molecule has 2 N–H and O–H groups in total. The molecular weight excluding hydrogens is 274 g/mol. The number of carbonyl (C=O) groups is 1. The molecule has 1 rings (SSSR count). The number of hydrogen-bond acceptors (Lipinski definition) is 6. The lowest BCUT2D eigenvalue weighted by Gasteiger charge is -2.04. The molecule has 0 aromatic carbocycles. The Bertz CT molecular complexity index is 359. The molecule has 1 amide bonds. The molecule has 0 aliphatic heterocycles. The van der Waals surface area contributed by atoms with Crippen LogP contribution in [0, 0.1) is 0 Å². The second-order valence-corrected chi connectivity index (χ2v) is 3.61. The summed E-state index contributed by atoms with van der Waals surface area (Å²) in [5.41, 5.74) is 0.263. The minimum absolute atomic E-state index is 0. The Balaban J connectivity index is 0.00000324. The molecular formula is C11H20ClN3O4. The van der Waals surface area contributed by atoms with Crippen molar-refractivity contribution in [3.8, 4) is 0 Å². The maximum Gasteiger partial charge on any atom is 0.273 e. The standard InChI is InChI=1S/C11H19N3O4.ClH/c1-16-6-5-12-3-4-13-11(15)10-7-9(8-17-2)18-14-10;/h7,12H,3-6,8H2,1-2H3,(H,13,15);1H. The van der Waals surface area contributed by atoms with Gasteiger partial charge in [0.25, 0.3) is 5.91 Å². The van der Waals surface area contributed by atoms with Gasteiger partial charge in [0.05, 0.1) is 6.61 Å². The van der Waals surface area contributed by atoms with Crippen LogP contribution < -0.4 is 10.6 Å². The number of nitrogens with one attached hydrogen (secondary N) is 2. The number of carbonyl (C=O) groups excluding carboxylic acids is 1. The van der Waals surface area contributed by atoms with Crippen molar-refractivity contribution in [3.05, 3.63) is 17.5 Å². The minimum atomic E-state index is -0.255. The van der Waals surface area contributed by atoms with Gasteiger partial charge < -0.3 is 24.6 Å². The zero-order valence-electron chi connectivity index (χ0n) is 11.1. The van der Waals surface area contributed by atoms with Gasteiger partial charge in [-0.3, -0.25) is 4.79 Å². The molecule has 1 aromatic heterocycles. The van der Waals surface area contributed by atoms with E-state index in [1.165, 1.54) is 0 Å². The number of rotatable bonds is 9. The zero-order valence-corrected chi connectivity index (χ0v) is 11.9. The van der Waals surface area contributed by atoms with E-state index in [1.54, 1.807) is 20.3 Å². The number of nitrogens with zero attached hydrogens (tertiary/aromatic N) is 1. The fourth-order valence-corrected chi connectivity index (χ4v) is 1.28. The third-order valence-electron chi connectivity index (χ3n) is 2.15. The van der Waals surface area contributed by atoms with Gasteiger partial charge in [-0.05, 0) is 0 Å². The van der Waals surface area contributed by atoms with Crippen molar-refractivity contribution in [1.29, 1.82) is 0 Å². The summed E-state index contributed by atoms with van der Waals surface area (Å²) < 4.78 is 14.7. The summed E-state index contributed by atoms with van der Waals surface area (Å²) in [6, 6.07) is 1.57. The molecule has 8 heteroatoms. The van der Waals surface area contributed by atoms with Crippen LogP contribution in [-0.2, 0) is 16.1 Å². The third kappa shape index (κ3) is 7.12. The van der Waals surface area contributed by atoms with E-state index in [-0.39, 0.29) is 24.0 Å². The van der Waals surface area contributed by atoms with E-state index >= 15 is 0 Å². The highest BCUT2D eigenvalue weighted by Crippen LogP contribution is 2.04. The van der Waals surface area contributed by atoms with Gasteiger partial charge >= 0.3 is 0 Å². The summed E-state index contributed by atoms with van der Waals surface area (Å²) in [4.78, 5) is 11.6. The topological polar surface area (TPSA) is 85.6 Å². The molecule has 0 saturated heterocycles. The quantitative estimate of drug-likeness (QED) is 0.633. The fraction of sp³-hybridized carbons (Fsp3) is 0.636. The number of ether oxygens (including phenoxy) is 2. The molecule has 19 heavy (non-hydrogen) atoms.